The number of alkyl halides is 3. The maximum atomic E-state index is 11.9. The van der Waals surface area contributed by atoms with E-state index in [2.05, 4.69) is 0 Å². The van der Waals surface area contributed by atoms with Crippen molar-refractivity contribution in [1.29, 1.82) is 0 Å². The number of hydrogen-bond donors (Lipinski definition) is 1. The third kappa shape index (κ3) is 1.76. The lowest BCUT2D eigenvalue weighted by Crippen LogP contribution is -2.22. The van der Waals surface area contributed by atoms with Crippen molar-refractivity contribution >= 4 is 5.91 Å². The third-order valence-electron chi connectivity index (χ3n) is 1.86. The minimum absolute atomic E-state index is 0.0549. The van der Waals surface area contributed by atoms with Crippen LogP contribution in [0.2, 0.25) is 0 Å². The van der Waals surface area contributed by atoms with E-state index < -0.39 is 23.4 Å². The maximum Gasteiger partial charge on any atom is 0.449 e. The van der Waals surface area contributed by atoms with Crippen LogP contribution >= 0.6 is 0 Å². The molecule has 0 aliphatic carbocycles. The number of aliphatic hydroxyl groups is 1. The summed E-state index contributed by atoms with van der Waals surface area (Å²) in [6.07, 6.45) is -4.88. The first-order chi connectivity index (χ1) is 5.84. The Morgan fingerprint density at radius 2 is 2.08 bits per heavy atom. The highest BCUT2D eigenvalue weighted by Gasteiger charge is 2.40. The van der Waals surface area contributed by atoms with Crippen LogP contribution in [0.15, 0.2) is 11.3 Å². The van der Waals surface area contributed by atoms with E-state index in [1.165, 1.54) is 7.05 Å². The average molecular weight is 195 g/mol. The molecule has 0 unspecified atom stereocenters. The molecule has 1 amide bonds. The SMILES string of the molecule is CN1CC/C(=C(\O)C(F)(F)F)C1=O. The summed E-state index contributed by atoms with van der Waals surface area (Å²) in [5, 5.41) is 8.68. The minimum Gasteiger partial charge on any atom is -0.504 e. The van der Waals surface area contributed by atoms with Gasteiger partial charge in [-0.1, -0.05) is 0 Å². The molecule has 1 aliphatic rings. The van der Waals surface area contributed by atoms with E-state index in [9.17, 15) is 18.0 Å². The Balaban J connectivity index is 3.00. The van der Waals surface area contributed by atoms with Gasteiger partial charge >= 0.3 is 6.18 Å². The molecule has 0 atom stereocenters. The molecule has 1 heterocycles. The second-order valence-electron chi connectivity index (χ2n) is 2.80. The number of halogens is 3. The lowest BCUT2D eigenvalue weighted by Gasteiger charge is -2.08. The van der Waals surface area contributed by atoms with Gasteiger partial charge < -0.3 is 10.0 Å². The number of hydrogen-bond acceptors (Lipinski definition) is 2. The quantitative estimate of drug-likeness (QED) is 0.466. The molecule has 0 aromatic rings. The predicted molar refractivity (Wildman–Crippen MR) is 38.0 cm³/mol. The molecular weight excluding hydrogens is 187 g/mol. The number of aliphatic hydroxyl groups excluding tert-OH is 1. The predicted octanol–water partition coefficient (Wildman–Crippen LogP) is 1.22. The fourth-order valence-corrected chi connectivity index (χ4v) is 1.11. The zero-order valence-electron chi connectivity index (χ0n) is 6.85. The number of amides is 1. The Morgan fingerprint density at radius 3 is 2.38 bits per heavy atom. The second kappa shape index (κ2) is 2.93. The Hall–Kier alpha value is -1.20. The van der Waals surface area contributed by atoms with Gasteiger partial charge in [-0.3, -0.25) is 4.79 Å². The fourth-order valence-electron chi connectivity index (χ4n) is 1.11. The molecule has 0 bridgehead atoms. The summed E-state index contributed by atoms with van der Waals surface area (Å²) in [6.45, 7) is 0.217. The summed E-state index contributed by atoms with van der Waals surface area (Å²) in [7, 11) is 1.39. The van der Waals surface area contributed by atoms with E-state index in [1.54, 1.807) is 0 Å². The number of likely N-dealkylation sites (tertiary alicyclic amines) is 1. The highest BCUT2D eigenvalue weighted by atomic mass is 19.4. The molecule has 1 N–H and O–H groups in total. The Labute approximate surface area is 72.4 Å². The summed E-state index contributed by atoms with van der Waals surface area (Å²) < 4.78 is 35.8. The molecule has 74 valence electrons. The van der Waals surface area contributed by atoms with Crippen LogP contribution in [0.5, 0.6) is 0 Å². The number of carbonyl (C=O) groups is 1. The van der Waals surface area contributed by atoms with Gasteiger partial charge in [0.1, 0.15) is 0 Å². The Morgan fingerprint density at radius 1 is 1.54 bits per heavy atom. The number of carbonyl (C=O) groups excluding carboxylic acids is 1. The van der Waals surface area contributed by atoms with E-state index in [-0.39, 0.29) is 13.0 Å². The standard InChI is InChI=1S/C7H8F3NO2/c1-11-3-2-4(6(11)13)5(12)7(8,9)10/h12H,2-3H2,1H3/b5-4+. The smallest absolute Gasteiger partial charge is 0.449 e. The molecule has 0 spiro atoms. The zero-order chi connectivity index (χ0) is 10.2. The summed E-state index contributed by atoms with van der Waals surface area (Å²) in [5.74, 6) is -2.52. The number of nitrogens with zero attached hydrogens (tertiary/aromatic N) is 1. The van der Waals surface area contributed by atoms with Crippen LogP contribution in [0.1, 0.15) is 6.42 Å². The van der Waals surface area contributed by atoms with Crippen molar-refractivity contribution in [2.24, 2.45) is 0 Å². The maximum absolute atomic E-state index is 11.9. The zero-order valence-corrected chi connectivity index (χ0v) is 6.85. The van der Waals surface area contributed by atoms with Crippen LogP contribution in [0.3, 0.4) is 0 Å². The fraction of sp³-hybridized carbons (Fsp3) is 0.571. The topological polar surface area (TPSA) is 40.5 Å². The van der Waals surface area contributed by atoms with Crippen molar-refractivity contribution < 1.29 is 23.1 Å². The summed E-state index contributed by atoms with van der Waals surface area (Å²) in [4.78, 5) is 12.1. The van der Waals surface area contributed by atoms with Gasteiger partial charge in [0.15, 0.2) is 0 Å². The molecule has 0 radical (unpaired) electrons. The van der Waals surface area contributed by atoms with E-state index in [1.807, 2.05) is 0 Å². The summed E-state index contributed by atoms with van der Waals surface area (Å²) in [6, 6.07) is 0. The van der Waals surface area contributed by atoms with Gasteiger partial charge in [-0.25, -0.2) is 0 Å². The Kier molecular flexibility index (Phi) is 2.23. The number of rotatable bonds is 0. The Bertz CT molecular complexity index is 269. The lowest BCUT2D eigenvalue weighted by atomic mass is 10.2. The molecule has 3 nitrogen and oxygen atoms in total. The molecule has 6 heteroatoms. The molecule has 0 saturated carbocycles. The van der Waals surface area contributed by atoms with Crippen molar-refractivity contribution in [1.82, 2.24) is 4.90 Å². The van der Waals surface area contributed by atoms with Crippen LogP contribution in [0.25, 0.3) is 0 Å². The van der Waals surface area contributed by atoms with E-state index in [0.717, 1.165) is 4.90 Å². The molecular formula is C7H8F3NO2. The van der Waals surface area contributed by atoms with Gasteiger partial charge in [0.2, 0.25) is 5.76 Å². The lowest BCUT2D eigenvalue weighted by molar-refractivity contribution is -0.130. The van der Waals surface area contributed by atoms with E-state index in [4.69, 9.17) is 5.11 Å². The van der Waals surface area contributed by atoms with Gasteiger partial charge in [-0.05, 0) is 6.42 Å². The van der Waals surface area contributed by atoms with Crippen LogP contribution in [-0.2, 0) is 4.79 Å². The first kappa shape index (κ1) is 9.88. The summed E-state index contributed by atoms with van der Waals surface area (Å²) >= 11 is 0. The van der Waals surface area contributed by atoms with Crippen molar-refractivity contribution in [3.63, 3.8) is 0 Å². The summed E-state index contributed by atoms with van der Waals surface area (Å²) in [5.41, 5.74) is -0.546. The first-order valence-electron chi connectivity index (χ1n) is 3.59. The van der Waals surface area contributed by atoms with Gasteiger partial charge in [-0.2, -0.15) is 13.2 Å². The highest BCUT2D eigenvalue weighted by molar-refractivity contribution is 5.96. The highest BCUT2D eigenvalue weighted by Crippen LogP contribution is 2.30. The molecule has 1 saturated heterocycles. The van der Waals surface area contributed by atoms with E-state index in [0.29, 0.717) is 0 Å². The third-order valence-corrected chi connectivity index (χ3v) is 1.86. The van der Waals surface area contributed by atoms with Gasteiger partial charge in [0, 0.05) is 13.6 Å². The van der Waals surface area contributed by atoms with Crippen LogP contribution in [0, 0.1) is 0 Å². The van der Waals surface area contributed by atoms with Gasteiger partial charge in [0.05, 0.1) is 5.57 Å². The van der Waals surface area contributed by atoms with Gasteiger partial charge in [0.25, 0.3) is 5.91 Å². The molecule has 1 rings (SSSR count). The number of allylic oxidation sites excluding steroid dienone is 1. The van der Waals surface area contributed by atoms with Crippen LogP contribution < -0.4 is 0 Å². The van der Waals surface area contributed by atoms with E-state index >= 15 is 0 Å². The second-order valence-corrected chi connectivity index (χ2v) is 2.80. The van der Waals surface area contributed by atoms with Gasteiger partial charge in [-0.15, -0.1) is 0 Å². The average Bonchev–Trinajstić information content (AvgIpc) is 2.30. The molecule has 13 heavy (non-hydrogen) atoms. The normalized spacial score (nSPS) is 22.5. The molecule has 1 aliphatic heterocycles. The number of likely N-dealkylation sites (N-methyl/N-ethyl adjacent to an activating group) is 1. The van der Waals surface area contributed by atoms with Crippen molar-refractivity contribution in [2.45, 2.75) is 12.6 Å². The van der Waals surface area contributed by atoms with Crippen molar-refractivity contribution in [3.05, 3.63) is 11.3 Å². The first-order valence-corrected chi connectivity index (χ1v) is 3.59. The molecule has 0 aromatic heterocycles. The van der Waals surface area contributed by atoms with Crippen molar-refractivity contribution in [2.75, 3.05) is 13.6 Å². The minimum atomic E-state index is -4.82. The molecule has 0 aromatic carbocycles. The van der Waals surface area contributed by atoms with Crippen LogP contribution in [-0.4, -0.2) is 35.7 Å². The van der Waals surface area contributed by atoms with Crippen LogP contribution in [0.4, 0.5) is 13.2 Å². The largest absolute Gasteiger partial charge is 0.504 e. The monoisotopic (exact) mass is 195 g/mol. The molecule has 1 fully saturated rings. The van der Waals surface area contributed by atoms with Crippen molar-refractivity contribution in [3.8, 4) is 0 Å².